The standard InChI is InChI=1S/C22H15F3N2O2/c1-13-2-6-15(7-3-13)22(24,25)21(28)26-17-10-11-18-19(12-17)29-20(27-18)14-4-8-16(23)9-5-14/h2-12H,1H3,(H,26,28). The first-order chi connectivity index (χ1) is 13.8. The number of alkyl halides is 2. The average molecular weight is 396 g/mol. The van der Waals surface area contributed by atoms with Crippen LogP contribution in [0, 0.1) is 12.7 Å². The zero-order chi connectivity index (χ0) is 20.6. The molecular formula is C22H15F3N2O2. The number of aromatic nitrogens is 1. The van der Waals surface area contributed by atoms with Crippen molar-refractivity contribution in [1.29, 1.82) is 0 Å². The summed E-state index contributed by atoms with van der Waals surface area (Å²) in [6, 6.07) is 15.5. The van der Waals surface area contributed by atoms with E-state index in [1.54, 1.807) is 13.0 Å². The Morgan fingerprint density at radius 1 is 1.00 bits per heavy atom. The molecule has 0 radical (unpaired) electrons. The lowest BCUT2D eigenvalue weighted by Crippen LogP contribution is -2.32. The molecule has 4 nitrogen and oxygen atoms in total. The molecular weight excluding hydrogens is 381 g/mol. The van der Waals surface area contributed by atoms with Crippen molar-refractivity contribution in [1.82, 2.24) is 4.98 Å². The molecule has 0 aliphatic heterocycles. The summed E-state index contributed by atoms with van der Waals surface area (Å²) in [7, 11) is 0. The second kappa shape index (κ2) is 7.09. The second-order valence-corrected chi connectivity index (χ2v) is 6.60. The molecule has 0 bridgehead atoms. The number of anilines is 1. The fourth-order valence-corrected chi connectivity index (χ4v) is 2.82. The topological polar surface area (TPSA) is 55.1 Å². The zero-order valence-electron chi connectivity index (χ0n) is 15.2. The maximum absolute atomic E-state index is 14.5. The number of benzene rings is 3. The number of nitrogens with one attached hydrogen (secondary N) is 1. The molecule has 0 fully saturated rings. The van der Waals surface area contributed by atoms with Crippen molar-refractivity contribution >= 4 is 22.7 Å². The van der Waals surface area contributed by atoms with Crippen molar-refractivity contribution in [2.75, 3.05) is 5.32 Å². The molecule has 0 saturated heterocycles. The SMILES string of the molecule is Cc1ccc(C(F)(F)C(=O)Nc2ccc3nc(-c4ccc(F)cc4)oc3c2)cc1. The van der Waals surface area contributed by atoms with Gasteiger partial charge in [-0.3, -0.25) is 4.79 Å². The molecule has 1 N–H and O–H groups in total. The van der Waals surface area contributed by atoms with Crippen LogP contribution in [0.1, 0.15) is 11.1 Å². The first-order valence-electron chi connectivity index (χ1n) is 8.76. The van der Waals surface area contributed by atoms with Crippen LogP contribution in [0.3, 0.4) is 0 Å². The monoisotopic (exact) mass is 396 g/mol. The molecule has 1 heterocycles. The van der Waals surface area contributed by atoms with Crippen molar-refractivity contribution in [3.05, 3.63) is 83.7 Å². The molecule has 0 unspecified atom stereocenters. The Labute approximate surface area is 164 Å². The molecule has 1 aromatic heterocycles. The van der Waals surface area contributed by atoms with E-state index in [0.29, 0.717) is 16.7 Å². The number of nitrogens with zero attached hydrogens (tertiary/aromatic N) is 1. The van der Waals surface area contributed by atoms with Gasteiger partial charge >= 0.3 is 5.92 Å². The minimum Gasteiger partial charge on any atom is -0.436 e. The summed E-state index contributed by atoms with van der Waals surface area (Å²) >= 11 is 0. The number of carbonyl (C=O) groups is 1. The zero-order valence-corrected chi connectivity index (χ0v) is 15.2. The molecule has 1 amide bonds. The van der Waals surface area contributed by atoms with Gasteiger partial charge in [0, 0.05) is 22.9 Å². The van der Waals surface area contributed by atoms with Crippen LogP contribution in [0.5, 0.6) is 0 Å². The summed E-state index contributed by atoms with van der Waals surface area (Å²) in [6.45, 7) is 1.77. The maximum atomic E-state index is 14.5. The molecule has 0 aliphatic carbocycles. The summed E-state index contributed by atoms with van der Waals surface area (Å²) in [6.07, 6.45) is 0. The van der Waals surface area contributed by atoms with E-state index in [4.69, 9.17) is 4.42 Å². The highest BCUT2D eigenvalue weighted by Crippen LogP contribution is 2.31. The average Bonchev–Trinajstić information content (AvgIpc) is 3.12. The molecule has 146 valence electrons. The summed E-state index contributed by atoms with van der Waals surface area (Å²) in [5.41, 5.74) is 1.93. The van der Waals surface area contributed by atoms with Crippen molar-refractivity contribution in [3.63, 3.8) is 0 Å². The Morgan fingerprint density at radius 2 is 1.69 bits per heavy atom. The summed E-state index contributed by atoms with van der Waals surface area (Å²) in [5, 5.41) is 2.22. The summed E-state index contributed by atoms with van der Waals surface area (Å²) in [5.74, 6) is -5.26. The quantitative estimate of drug-likeness (QED) is 0.483. The third-order valence-electron chi connectivity index (χ3n) is 4.44. The normalized spacial score (nSPS) is 11.6. The lowest BCUT2D eigenvalue weighted by molar-refractivity contribution is -0.140. The molecule has 0 saturated carbocycles. The molecule has 3 aromatic carbocycles. The molecule has 29 heavy (non-hydrogen) atoms. The van der Waals surface area contributed by atoms with Crippen LogP contribution in [0.4, 0.5) is 18.9 Å². The Hall–Kier alpha value is -3.61. The highest BCUT2D eigenvalue weighted by molar-refractivity contribution is 5.98. The van der Waals surface area contributed by atoms with Crippen molar-refractivity contribution in [3.8, 4) is 11.5 Å². The number of hydrogen-bond donors (Lipinski definition) is 1. The van der Waals surface area contributed by atoms with E-state index in [9.17, 15) is 18.0 Å². The van der Waals surface area contributed by atoms with Crippen LogP contribution in [0.25, 0.3) is 22.6 Å². The third-order valence-corrected chi connectivity index (χ3v) is 4.44. The van der Waals surface area contributed by atoms with E-state index in [1.165, 1.54) is 60.7 Å². The van der Waals surface area contributed by atoms with Gasteiger partial charge < -0.3 is 9.73 Å². The predicted molar refractivity (Wildman–Crippen MR) is 103 cm³/mol. The van der Waals surface area contributed by atoms with E-state index in [1.807, 2.05) is 0 Å². The van der Waals surface area contributed by atoms with Crippen LogP contribution >= 0.6 is 0 Å². The van der Waals surface area contributed by atoms with E-state index < -0.39 is 11.8 Å². The molecule has 0 atom stereocenters. The molecule has 4 rings (SSSR count). The number of oxazole rings is 1. The highest BCUT2D eigenvalue weighted by atomic mass is 19.3. The van der Waals surface area contributed by atoms with Crippen LogP contribution in [-0.4, -0.2) is 10.9 Å². The van der Waals surface area contributed by atoms with E-state index in [2.05, 4.69) is 10.3 Å². The number of carbonyl (C=O) groups excluding carboxylic acids is 1. The van der Waals surface area contributed by atoms with Gasteiger partial charge in [-0.15, -0.1) is 0 Å². The molecule has 0 spiro atoms. The van der Waals surface area contributed by atoms with Crippen LogP contribution in [-0.2, 0) is 10.7 Å². The molecule has 4 aromatic rings. The predicted octanol–water partition coefficient (Wildman–Crippen LogP) is 5.67. The number of rotatable bonds is 4. The van der Waals surface area contributed by atoms with Crippen LogP contribution in [0.15, 0.2) is 71.1 Å². The third kappa shape index (κ3) is 3.71. The number of hydrogen-bond acceptors (Lipinski definition) is 3. The molecule has 0 aliphatic rings. The lowest BCUT2D eigenvalue weighted by Gasteiger charge is -2.16. The number of amides is 1. The van der Waals surface area contributed by atoms with E-state index in [-0.39, 0.29) is 23.0 Å². The van der Waals surface area contributed by atoms with Gasteiger partial charge in [0.15, 0.2) is 5.58 Å². The smallest absolute Gasteiger partial charge is 0.350 e. The van der Waals surface area contributed by atoms with Crippen molar-refractivity contribution < 1.29 is 22.4 Å². The van der Waals surface area contributed by atoms with E-state index >= 15 is 0 Å². The first kappa shape index (κ1) is 18.7. The second-order valence-electron chi connectivity index (χ2n) is 6.60. The number of halogens is 3. The number of aryl methyl sites for hydroxylation is 1. The van der Waals surface area contributed by atoms with Gasteiger partial charge in [-0.05, 0) is 43.3 Å². The fourth-order valence-electron chi connectivity index (χ4n) is 2.82. The lowest BCUT2D eigenvalue weighted by atomic mass is 10.1. The largest absolute Gasteiger partial charge is 0.436 e. The Kier molecular flexibility index (Phi) is 4.58. The van der Waals surface area contributed by atoms with Gasteiger partial charge in [0.2, 0.25) is 5.89 Å². The molecule has 7 heteroatoms. The Balaban J connectivity index is 1.58. The Bertz CT molecular complexity index is 1180. The van der Waals surface area contributed by atoms with Crippen LogP contribution in [0.2, 0.25) is 0 Å². The fraction of sp³-hybridized carbons (Fsp3) is 0.0909. The summed E-state index contributed by atoms with van der Waals surface area (Å²) in [4.78, 5) is 16.5. The van der Waals surface area contributed by atoms with Gasteiger partial charge in [0.1, 0.15) is 11.3 Å². The van der Waals surface area contributed by atoms with Gasteiger partial charge in [-0.25, -0.2) is 9.37 Å². The van der Waals surface area contributed by atoms with Crippen LogP contribution < -0.4 is 5.32 Å². The van der Waals surface area contributed by atoms with Crippen molar-refractivity contribution in [2.45, 2.75) is 12.8 Å². The minimum absolute atomic E-state index is 0.149. The minimum atomic E-state index is -3.69. The highest BCUT2D eigenvalue weighted by Gasteiger charge is 2.40. The summed E-state index contributed by atoms with van der Waals surface area (Å²) < 4.78 is 47.6. The van der Waals surface area contributed by atoms with Crippen molar-refractivity contribution in [2.24, 2.45) is 0 Å². The van der Waals surface area contributed by atoms with Gasteiger partial charge in [-0.1, -0.05) is 29.8 Å². The van der Waals surface area contributed by atoms with Gasteiger partial charge in [0.25, 0.3) is 5.91 Å². The van der Waals surface area contributed by atoms with E-state index in [0.717, 1.165) is 5.56 Å². The van der Waals surface area contributed by atoms with Gasteiger partial charge in [-0.2, -0.15) is 8.78 Å². The first-order valence-corrected chi connectivity index (χ1v) is 8.76. The Morgan fingerprint density at radius 3 is 2.38 bits per heavy atom. The maximum Gasteiger partial charge on any atom is 0.350 e. The number of fused-ring (bicyclic) bond motifs is 1. The van der Waals surface area contributed by atoms with Gasteiger partial charge in [0.05, 0.1) is 0 Å².